The van der Waals surface area contributed by atoms with Gasteiger partial charge in [0, 0.05) is 11.6 Å². The molecular weight excluding hydrogens is 290 g/mol. The van der Waals surface area contributed by atoms with Crippen LogP contribution < -0.4 is 10.1 Å². The van der Waals surface area contributed by atoms with Gasteiger partial charge in [-0.3, -0.25) is 0 Å². The number of hydrogen-bond acceptors (Lipinski definition) is 5. The fraction of sp³-hybridized carbons (Fsp3) is 0.235. The summed E-state index contributed by atoms with van der Waals surface area (Å²) in [4.78, 5) is 4.69. The zero-order valence-corrected chi connectivity index (χ0v) is 12.7. The van der Waals surface area contributed by atoms with E-state index in [2.05, 4.69) is 21.5 Å². The van der Waals surface area contributed by atoms with Gasteiger partial charge in [0.25, 0.3) is 0 Å². The zero-order valence-electron chi connectivity index (χ0n) is 12.7. The van der Waals surface area contributed by atoms with Crippen molar-refractivity contribution in [2.24, 2.45) is 0 Å². The van der Waals surface area contributed by atoms with E-state index < -0.39 is 0 Å². The fourth-order valence-electron chi connectivity index (χ4n) is 2.51. The van der Waals surface area contributed by atoms with Gasteiger partial charge in [0.1, 0.15) is 17.4 Å². The number of hydrogen-bond donors (Lipinski definition) is 1. The molecule has 1 N–H and O–H groups in total. The molecule has 1 aliphatic rings. The molecule has 2 heterocycles. The number of nitriles is 1. The second-order valence-corrected chi connectivity index (χ2v) is 5.59. The van der Waals surface area contributed by atoms with Gasteiger partial charge in [-0.15, -0.1) is 0 Å². The molecule has 1 aromatic carbocycles. The van der Waals surface area contributed by atoms with Crippen LogP contribution in [0.4, 0.5) is 5.69 Å². The van der Waals surface area contributed by atoms with E-state index in [0.717, 1.165) is 22.7 Å². The number of benzene rings is 1. The number of fused-ring (bicyclic) bond motifs is 1. The van der Waals surface area contributed by atoms with Gasteiger partial charge in [0.05, 0.1) is 30.9 Å². The third kappa shape index (κ3) is 2.46. The standard InChI is InChI=1S/C17H15N5O/c1-23-14-6-2-11(3-7-14)16-15(20-13-4-5-13)10-22-17(21-16)12(8-18)9-19-22/h2-3,6-7,9-10,13,20H,4-5H2,1H3. The second kappa shape index (κ2) is 5.29. The SMILES string of the molecule is COc1ccc(-c2nc3c(C#N)cnn3cc2NC2CC2)cc1. The molecule has 2 aromatic heterocycles. The number of ether oxygens (including phenoxy) is 1. The Hall–Kier alpha value is -3.07. The average molecular weight is 305 g/mol. The van der Waals surface area contributed by atoms with Crippen LogP contribution in [0.15, 0.2) is 36.7 Å². The van der Waals surface area contributed by atoms with Crippen molar-refractivity contribution in [3.05, 3.63) is 42.2 Å². The predicted octanol–water partition coefficient (Wildman–Crippen LogP) is 2.85. The quantitative estimate of drug-likeness (QED) is 0.802. The highest BCUT2D eigenvalue weighted by Crippen LogP contribution is 2.32. The number of anilines is 1. The first-order chi connectivity index (χ1) is 11.3. The summed E-state index contributed by atoms with van der Waals surface area (Å²) in [5.41, 5.74) is 3.76. The Morgan fingerprint density at radius 1 is 1.30 bits per heavy atom. The smallest absolute Gasteiger partial charge is 0.173 e. The molecule has 4 rings (SSSR count). The number of aromatic nitrogens is 3. The summed E-state index contributed by atoms with van der Waals surface area (Å²) >= 11 is 0. The van der Waals surface area contributed by atoms with E-state index in [1.54, 1.807) is 17.8 Å². The lowest BCUT2D eigenvalue weighted by molar-refractivity contribution is 0.415. The van der Waals surface area contributed by atoms with Crippen LogP contribution in [0.2, 0.25) is 0 Å². The van der Waals surface area contributed by atoms with E-state index in [0.29, 0.717) is 17.3 Å². The van der Waals surface area contributed by atoms with Crippen LogP contribution in [0.5, 0.6) is 5.75 Å². The van der Waals surface area contributed by atoms with Crippen molar-refractivity contribution < 1.29 is 4.74 Å². The molecule has 23 heavy (non-hydrogen) atoms. The minimum absolute atomic E-state index is 0.470. The lowest BCUT2D eigenvalue weighted by Crippen LogP contribution is -2.06. The summed E-state index contributed by atoms with van der Waals surface area (Å²) in [5, 5.41) is 16.9. The summed E-state index contributed by atoms with van der Waals surface area (Å²) in [6.45, 7) is 0. The molecule has 0 spiro atoms. The fourth-order valence-corrected chi connectivity index (χ4v) is 2.51. The van der Waals surface area contributed by atoms with Gasteiger partial charge in [-0.25, -0.2) is 9.50 Å². The largest absolute Gasteiger partial charge is 0.497 e. The Balaban J connectivity index is 1.87. The maximum Gasteiger partial charge on any atom is 0.173 e. The van der Waals surface area contributed by atoms with Crippen LogP contribution >= 0.6 is 0 Å². The van der Waals surface area contributed by atoms with Crippen LogP contribution in [-0.4, -0.2) is 27.7 Å². The summed E-state index contributed by atoms with van der Waals surface area (Å²) in [6, 6.07) is 10.4. The summed E-state index contributed by atoms with van der Waals surface area (Å²) in [7, 11) is 1.64. The second-order valence-electron chi connectivity index (χ2n) is 5.59. The van der Waals surface area contributed by atoms with Gasteiger partial charge >= 0.3 is 0 Å². The molecule has 0 bridgehead atoms. The van der Waals surface area contributed by atoms with Gasteiger partial charge in [-0.1, -0.05) is 0 Å². The molecule has 3 aromatic rings. The molecule has 0 amide bonds. The van der Waals surface area contributed by atoms with Crippen molar-refractivity contribution in [2.45, 2.75) is 18.9 Å². The monoisotopic (exact) mass is 305 g/mol. The Morgan fingerprint density at radius 2 is 2.09 bits per heavy atom. The summed E-state index contributed by atoms with van der Waals surface area (Å²) in [6.07, 6.45) is 5.79. The number of nitrogens with zero attached hydrogens (tertiary/aromatic N) is 4. The summed E-state index contributed by atoms with van der Waals surface area (Å²) < 4.78 is 6.86. The number of methoxy groups -OCH3 is 1. The van der Waals surface area contributed by atoms with Crippen molar-refractivity contribution >= 4 is 11.3 Å². The van der Waals surface area contributed by atoms with Gasteiger partial charge in [0.15, 0.2) is 5.65 Å². The van der Waals surface area contributed by atoms with E-state index in [1.807, 2.05) is 30.5 Å². The Labute approximate surface area is 133 Å². The maximum absolute atomic E-state index is 9.20. The minimum atomic E-state index is 0.470. The number of rotatable bonds is 4. The van der Waals surface area contributed by atoms with Gasteiger partial charge in [-0.2, -0.15) is 10.4 Å². The van der Waals surface area contributed by atoms with Crippen LogP contribution in [-0.2, 0) is 0 Å². The minimum Gasteiger partial charge on any atom is -0.497 e. The first kappa shape index (κ1) is 13.6. The van der Waals surface area contributed by atoms with E-state index in [4.69, 9.17) is 4.74 Å². The predicted molar refractivity (Wildman–Crippen MR) is 86.3 cm³/mol. The molecule has 114 valence electrons. The number of nitrogens with one attached hydrogen (secondary N) is 1. The summed E-state index contributed by atoms with van der Waals surface area (Å²) in [5.74, 6) is 0.800. The van der Waals surface area contributed by atoms with Crippen LogP contribution in [0.25, 0.3) is 16.9 Å². The van der Waals surface area contributed by atoms with E-state index in [-0.39, 0.29) is 0 Å². The molecule has 0 saturated heterocycles. The topological polar surface area (TPSA) is 75.2 Å². The Bertz CT molecular complexity index is 903. The van der Waals surface area contributed by atoms with Gasteiger partial charge in [-0.05, 0) is 37.1 Å². The molecule has 0 radical (unpaired) electrons. The Morgan fingerprint density at radius 3 is 2.74 bits per heavy atom. The van der Waals surface area contributed by atoms with Crippen LogP contribution in [0.3, 0.4) is 0 Å². The average Bonchev–Trinajstić information content (AvgIpc) is 3.32. The first-order valence-electron chi connectivity index (χ1n) is 7.48. The van der Waals surface area contributed by atoms with Crippen LogP contribution in [0.1, 0.15) is 18.4 Å². The van der Waals surface area contributed by atoms with Gasteiger partial charge in [0.2, 0.25) is 0 Å². The molecule has 0 unspecified atom stereocenters. The van der Waals surface area contributed by atoms with E-state index in [1.165, 1.54) is 12.8 Å². The van der Waals surface area contributed by atoms with Crippen molar-refractivity contribution in [1.82, 2.24) is 14.6 Å². The molecular formula is C17H15N5O. The lowest BCUT2D eigenvalue weighted by Gasteiger charge is -2.12. The van der Waals surface area contributed by atoms with Crippen molar-refractivity contribution in [3.8, 4) is 23.1 Å². The molecule has 1 aliphatic carbocycles. The first-order valence-corrected chi connectivity index (χ1v) is 7.48. The normalized spacial score (nSPS) is 13.7. The van der Waals surface area contributed by atoms with E-state index >= 15 is 0 Å². The molecule has 1 fully saturated rings. The molecule has 0 atom stereocenters. The molecule has 6 heteroatoms. The van der Waals surface area contributed by atoms with Crippen molar-refractivity contribution in [1.29, 1.82) is 5.26 Å². The highest BCUT2D eigenvalue weighted by molar-refractivity contribution is 5.77. The third-order valence-electron chi connectivity index (χ3n) is 3.91. The Kier molecular flexibility index (Phi) is 3.12. The highest BCUT2D eigenvalue weighted by atomic mass is 16.5. The zero-order chi connectivity index (χ0) is 15.8. The molecule has 1 saturated carbocycles. The van der Waals surface area contributed by atoms with E-state index in [9.17, 15) is 5.26 Å². The maximum atomic E-state index is 9.20. The van der Waals surface area contributed by atoms with Crippen molar-refractivity contribution in [2.75, 3.05) is 12.4 Å². The van der Waals surface area contributed by atoms with Crippen molar-refractivity contribution in [3.63, 3.8) is 0 Å². The third-order valence-corrected chi connectivity index (χ3v) is 3.91. The molecule has 6 nitrogen and oxygen atoms in total. The lowest BCUT2D eigenvalue weighted by atomic mass is 10.1. The van der Waals surface area contributed by atoms with Crippen LogP contribution in [0, 0.1) is 11.3 Å². The highest BCUT2D eigenvalue weighted by Gasteiger charge is 2.23. The van der Waals surface area contributed by atoms with Gasteiger partial charge < -0.3 is 10.1 Å². The molecule has 0 aliphatic heterocycles.